The Morgan fingerprint density at radius 1 is 1.06 bits per heavy atom. The third-order valence-corrected chi connectivity index (χ3v) is 8.60. The molecule has 0 radical (unpaired) electrons. The summed E-state index contributed by atoms with van der Waals surface area (Å²) in [6.07, 6.45) is 6.77. The van der Waals surface area contributed by atoms with Crippen molar-refractivity contribution in [2.45, 2.75) is 70.0 Å². The van der Waals surface area contributed by atoms with E-state index in [4.69, 9.17) is 0 Å². The predicted octanol–water partition coefficient (Wildman–Crippen LogP) is 3.82. The smallest absolute Gasteiger partial charge is 0.254 e. The summed E-state index contributed by atoms with van der Waals surface area (Å²) in [6.45, 7) is 2.36. The summed E-state index contributed by atoms with van der Waals surface area (Å²) in [5, 5.41) is 6.61. The molecule has 1 unspecified atom stereocenters. The first-order chi connectivity index (χ1) is 17.4. The highest BCUT2D eigenvalue weighted by Crippen LogP contribution is 2.33. The van der Waals surface area contributed by atoms with Gasteiger partial charge in [0.15, 0.2) is 5.78 Å². The number of likely N-dealkylation sites (tertiary alicyclic amines) is 2. The molecule has 1 saturated carbocycles. The first kappa shape index (κ1) is 24.7. The minimum Gasteiger partial charge on any atom is -0.340 e. The molecule has 3 amide bonds. The Morgan fingerprint density at radius 3 is 2.58 bits per heavy atom. The van der Waals surface area contributed by atoms with Gasteiger partial charge in [0.05, 0.1) is 18.2 Å². The van der Waals surface area contributed by atoms with Gasteiger partial charge in [-0.25, -0.2) is 0 Å². The van der Waals surface area contributed by atoms with Crippen molar-refractivity contribution in [3.8, 4) is 0 Å². The lowest BCUT2D eigenvalue weighted by atomic mass is 9.84. The van der Waals surface area contributed by atoms with Crippen molar-refractivity contribution in [3.05, 3.63) is 57.8 Å². The molecule has 2 aliphatic heterocycles. The zero-order valence-electron chi connectivity index (χ0n) is 20.7. The van der Waals surface area contributed by atoms with Crippen LogP contribution < -0.4 is 5.32 Å². The van der Waals surface area contributed by atoms with Gasteiger partial charge in [-0.05, 0) is 49.3 Å². The van der Waals surface area contributed by atoms with E-state index >= 15 is 0 Å². The quantitative estimate of drug-likeness (QED) is 0.644. The second-order valence-corrected chi connectivity index (χ2v) is 11.2. The maximum atomic E-state index is 13.9. The molecular formula is C28H33N3O4S. The maximum Gasteiger partial charge on any atom is 0.254 e. The van der Waals surface area contributed by atoms with E-state index < -0.39 is 12.1 Å². The molecule has 3 heterocycles. The number of hydrogen-bond donors (Lipinski definition) is 1. The van der Waals surface area contributed by atoms with E-state index in [2.05, 4.69) is 5.32 Å². The van der Waals surface area contributed by atoms with Crippen LogP contribution >= 0.6 is 11.3 Å². The predicted molar refractivity (Wildman–Crippen MR) is 138 cm³/mol. The van der Waals surface area contributed by atoms with Crippen LogP contribution in [-0.2, 0) is 9.59 Å². The van der Waals surface area contributed by atoms with Crippen molar-refractivity contribution in [2.75, 3.05) is 13.1 Å². The molecule has 2 saturated heterocycles. The largest absolute Gasteiger partial charge is 0.340 e. The Kier molecular flexibility index (Phi) is 7.23. The third kappa shape index (κ3) is 4.96. The van der Waals surface area contributed by atoms with E-state index in [0.717, 1.165) is 31.2 Å². The van der Waals surface area contributed by atoms with Crippen molar-refractivity contribution in [3.63, 3.8) is 0 Å². The Bertz CT molecular complexity index is 1140. The summed E-state index contributed by atoms with van der Waals surface area (Å²) >= 11 is 1.44. The van der Waals surface area contributed by atoms with Crippen molar-refractivity contribution in [1.82, 2.24) is 15.1 Å². The molecule has 7 nitrogen and oxygen atoms in total. The molecule has 3 atom stereocenters. The van der Waals surface area contributed by atoms with Gasteiger partial charge in [0.1, 0.15) is 12.1 Å². The molecule has 0 spiro atoms. The molecule has 5 rings (SSSR count). The van der Waals surface area contributed by atoms with Crippen LogP contribution in [0.1, 0.15) is 71.2 Å². The number of carbonyl (C=O) groups is 4. The van der Waals surface area contributed by atoms with Crippen LogP contribution in [0, 0.1) is 12.8 Å². The average molecular weight is 508 g/mol. The Labute approximate surface area is 215 Å². The molecule has 190 valence electrons. The molecule has 2 aromatic rings. The van der Waals surface area contributed by atoms with Crippen LogP contribution in [0.5, 0.6) is 0 Å². The monoisotopic (exact) mass is 507 g/mol. The second-order valence-electron chi connectivity index (χ2n) is 10.4. The highest BCUT2D eigenvalue weighted by Gasteiger charge is 2.52. The van der Waals surface area contributed by atoms with Gasteiger partial charge in [0.25, 0.3) is 11.8 Å². The summed E-state index contributed by atoms with van der Waals surface area (Å²) in [5.74, 6) is -0.344. The lowest BCUT2D eigenvalue weighted by Crippen LogP contribution is -2.53. The number of ketones is 1. The summed E-state index contributed by atoms with van der Waals surface area (Å²) < 4.78 is 0. The highest BCUT2D eigenvalue weighted by atomic mass is 32.1. The van der Waals surface area contributed by atoms with Crippen molar-refractivity contribution >= 4 is 34.8 Å². The summed E-state index contributed by atoms with van der Waals surface area (Å²) in [4.78, 5) is 56.4. The number of nitrogens with one attached hydrogen (secondary N) is 1. The Balaban J connectivity index is 1.34. The highest BCUT2D eigenvalue weighted by molar-refractivity contribution is 7.08. The van der Waals surface area contributed by atoms with E-state index in [0.29, 0.717) is 36.4 Å². The second kappa shape index (κ2) is 10.5. The first-order valence-electron chi connectivity index (χ1n) is 13.0. The molecule has 1 aliphatic carbocycles. The fourth-order valence-electron chi connectivity index (χ4n) is 6.10. The third-order valence-electron chi connectivity index (χ3n) is 7.91. The van der Waals surface area contributed by atoms with Crippen molar-refractivity contribution in [1.29, 1.82) is 0 Å². The number of rotatable bonds is 6. The van der Waals surface area contributed by atoms with Crippen LogP contribution in [0.2, 0.25) is 0 Å². The molecule has 1 aromatic heterocycles. The molecule has 0 bridgehead atoms. The van der Waals surface area contributed by atoms with Gasteiger partial charge >= 0.3 is 0 Å². The van der Waals surface area contributed by atoms with Crippen molar-refractivity contribution in [2.24, 2.45) is 5.92 Å². The number of thiophene rings is 1. The number of amides is 3. The van der Waals surface area contributed by atoms with Crippen LogP contribution in [0.25, 0.3) is 0 Å². The van der Waals surface area contributed by atoms with E-state index in [1.54, 1.807) is 27.3 Å². The molecular weight excluding hydrogens is 474 g/mol. The zero-order valence-corrected chi connectivity index (χ0v) is 21.5. The fourth-order valence-corrected chi connectivity index (χ4v) is 6.73. The summed E-state index contributed by atoms with van der Waals surface area (Å²) in [5.41, 5.74) is 2.09. The Morgan fingerprint density at radius 2 is 1.86 bits per heavy atom. The molecule has 36 heavy (non-hydrogen) atoms. The van der Waals surface area contributed by atoms with E-state index in [9.17, 15) is 19.2 Å². The van der Waals surface area contributed by atoms with Gasteiger partial charge in [0.2, 0.25) is 5.91 Å². The number of carbonyl (C=O) groups excluding carboxylic acids is 4. The van der Waals surface area contributed by atoms with Crippen LogP contribution in [-0.4, -0.2) is 64.5 Å². The van der Waals surface area contributed by atoms with Gasteiger partial charge in [-0.15, -0.1) is 0 Å². The van der Waals surface area contributed by atoms with Gasteiger partial charge in [0, 0.05) is 17.5 Å². The SMILES string of the molecule is Cc1cccc(C(=O)N2CC(=O)[C@@H]3[C@H]2CCN3C(=O)C(CC2CCCCC2)NC(=O)c2ccsc2)c1. The number of Topliss-reactive ketones (excluding diaryl/α,β-unsaturated/α-hetero) is 1. The number of nitrogens with zero attached hydrogens (tertiary/aromatic N) is 2. The van der Waals surface area contributed by atoms with Gasteiger partial charge in [-0.2, -0.15) is 11.3 Å². The minimum atomic E-state index is -0.673. The average Bonchev–Trinajstić information content (AvgIpc) is 3.63. The number of hydrogen-bond acceptors (Lipinski definition) is 5. The topological polar surface area (TPSA) is 86.8 Å². The molecule has 3 aliphatic rings. The van der Waals surface area contributed by atoms with Gasteiger partial charge in [-0.1, -0.05) is 49.8 Å². The Hall–Kier alpha value is -3.00. The molecule has 3 fully saturated rings. The van der Waals surface area contributed by atoms with Crippen LogP contribution in [0.3, 0.4) is 0 Å². The van der Waals surface area contributed by atoms with Crippen LogP contribution in [0.4, 0.5) is 0 Å². The van der Waals surface area contributed by atoms with E-state index in [-0.39, 0.29) is 36.1 Å². The molecule has 8 heteroatoms. The normalized spacial score (nSPS) is 23.0. The first-order valence-corrected chi connectivity index (χ1v) is 13.9. The zero-order chi connectivity index (χ0) is 25.2. The maximum absolute atomic E-state index is 13.9. The van der Waals surface area contributed by atoms with E-state index in [1.807, 2.05) is 30.5 Å². The summed E-state index contributed by atoms with van der Waals surface area (Å²) in [7, 11) is 0. The number of benzene rings is 1. The van der Waals surface area contributed by atoms with Crippen molar-refractivity contribution < 1.29 is 19.2 Å². The molecule has 1 aromatic carbocycles. The lowest BCUT2D eigenvalue weighted by Gasteiger charge is -2.31. The number of fused-ring (bicyclic) bond motifs is 1. The minimum absolute atomic E-state index is 0.0143. The van der Waals surface area contributed by atoms with E-state index in [1.165, 1.54) is 17.8 Å². The van der Waals surface area contributed by atoms with Gasteiger partial charge < -0.3 is 15.1 Å². The summed E-state index contributed by atoms with van der Waals surface area (Å²) in [6, 6.07) is 7.49. The van der Waals surface area contributed by atoms with Crippen LogP contribution in [0.15, 0.2) is 41.1 Å². The number of aryl methyl sites for hydroxylation is 1. The lowest BCUT2D eigenvalue weighted by molar-refractivity contribution is -0.138. The fraction of sp³-hybridized carbons (Fsp3) is 0.500. The molecule has 1 N–H and O–H groups in total. The van der Waals surface area contributed by atoms with Gasteiger partial charge in [-0.3, -0.25) is 19.2 Å². The standard InChI is InChI=1S/C28H33N3O4S/c1-18-6-5-9-20(14-18)27(34)31-16-24(32)25-23(31)10-12-30(25)28(35)22(15-19-7-3-2-4-8-19)29-26(33)21-11-13-36-17-21/h5-6,9,11,13-14,17,19,22-23,25H,2-4,7-8,10,12,15-16H2,1H3,(H,29,33)/t22?,23-,25+/m1/s1.